The standard InChI is InChI=1S/C13H21NO5/c1-8-6-14(7-13(2,3)19-8)11(15)9-4-5-10(18-9)12(16)17/h8-10H,4-7H2,1-3H3,(H,16,17)/t8?,9-,10+/m0/s1. The van der Waals surface area contributed by atoms with Crippen LogP contribution < -0.4 is 0 Å². The van der Waals surface area contributed by atoms with E-state index in [0.29, 0.717) is 25.9 Å². The third-order valence-corrected chi connectivity index (χ3v) is 3.45. The van der Waals surface area contributed by atoms with E-state index < -0.39 is 18.2 Å². The molecule has 3 atom stereocenters. The lowest BCUT2D eigenvalue weighted by atomic mass is 10.0. The fourth-order valence-corrected chi connectivity index (χ4v) is 2.83. The molecule has 2 rings (SSSR count). The van der Waals surface area contributed by atoms with Gasteiger partial charge in [-0.2, -0.15) is 0 Å². The second-order valence-corrected chi connectivity index (χ2v) is 5.94. The summed E-state index contributed by atoms with van der Waals surface area (Å²) in [6.07, 6.45) is -0.622. The number of carbonyl (C=O) groups excluding carboxylic acids is 1. The summed E-state index contributed by atoms with van der Waals surface area (Å²) in [6, 6.07) is 0. The molecule has 0 bridgehead atoms. The molecule has 108 valence electrons. The molecule has 6 nitrogen and oxygen atoms in total. The third kappa shape index (κ3) is 3.25. The van der Waals surface area contributed by atoms with Crippen LogP contribution in [0.3, 0.4) is 0 Å². The van der Waals surface area contributed by atoms with Crippen LogP contribution in [0.5, 0.6) is 0 Å². The topological polar surface area (TPSA) is 76.1 Å². The van der Waals surface area contributed by atoms with E-state index in [1.165, 1.54) is 0 Å². The number of morpholine rings is 1. The lowest BCUT2D eigenvalue weighted by Gasteiger charge is -2.42. The van der Waals surface area contributed by atoms with Gasteiger partial charge < -0.3 is 19.5 Å². The Kier molecular flexibility index (Phi) is 3.82. The SMILES string of the molecule is CC1CN(C(=O)[C@@H]2CC[C@H](C(=O)O)O2)CC(C)(C)O1. The molecule has 1 amide bonds. The van der Waals surface area contributed by atoms with Crippen molar-refractivity contribution in [3.05, 3.63) is 0 Å². The molecule has 0 radical (unpaired) electrons. The number of rotatable bonds is 2. The highest BCUT2D eigenvalue weighted by Crippen LogP contribution is 2.26. The minimum absolute atomic E-state index is 0.0237. The van der Waals surface area contributed by atoms with Crippen LogP contribution in [0.15, 0.2) is 0 Å². The lowest BCUT2D eigenvalue weighted by Crippen LogP contribution is -2.56. The number of carbonyl (C=O) groups is 2. The van der Waals surface area contributed by atoms with Gasteiger partial charge in [0.2, 0.25) is 0 Å². The molecular formula is C13H21NO5. The number of nitrogens with zero attached hydrogens (tertiary/aromatic N) is 1. The van der Waals surface area contributed by atoms with Crippen LogP contribution in [0.1, 0.15) is 33.6 Å². The molecule has 0 aromatic rings. The summed E-state index contributed by atoms with van der Waals surface area (Å²) < 4.78 is 11.1. The maximum absolute atomic E-state index is 12.4. The monoisotopic (exact) mass is 271 g/mol. The van der Waals surface area contributed by atoms with Gasteiger partial charge in [-0.05, 0) is 33.6 Å². The van der Waals surface area contributed by atoms with Crippen LogP contribution in [0.25, 0.3) is 0 Å². The van der Waals surface area contributed by atoms with Crippen molar-refractivity contribution < 1.29 is 24.2 Å². The van der Waals surface area contributed by atoms with Crippen LogP contribution in [0, 0.1) is 0 Å². The Hall–Kier alpha value is -1.14. The zero-order valence-electron chi connectivity index (χ0n) is 11.6. The first kappa shape index (κ1) is 14.3. The van der Waals surface area contributed by atoms with Crippen molar-refractivity contribution in [1.82, 2.24) is 4.90 Å². The van der Waals surface area contributed by atoms with E-state index in [1.54, 1.807) is 4.90 Å². The second-order valence-electron chi connectivity index (χ2n) is 5.94. The summed E-state index contributed by atoms with van der Waals surface area (Å²) >= 11 is 0. The van der Waals surface area contributed by atoms with Crippen molar-refractivity contribution in [2.45, 2.75) is 57.5 Å². The van der Waals surface area contributed by atoms with Crippen molar-refractivity contribution in [1.29, 1.82) is 0 Å². The van der Waals surface area contributed by atoms with Crippen molar-refractivity contribution in [2.75, 3.05) is 13.1 Å². The first-order chi connectivity index (χ1) is 8.78. The third-order valence-electron chi connectivity index (χ3n) is 3.45. The van der Waals surface area contributed by atoms with Crippen molar-refractivity contribution in [2.24, 2.45) is 0 Å². The Labute approximate surface area is 112 Å². The normalized spacial score (nSPS) is 34.3. The van der Waals surface area contributed by atoms with E-state index in [2.05, 4.69) is 0 Å². The minimum Gasteiger partial charge on any atom is -0.479 e. The van der Waals surface area contributed by atoms with E-state index in [4.69, 9.17) is 14.6 Å². The molecule has 0 aromatic carbocycles. The predicted octanol–water partition coefficient (Wildman–Crippen LogP) is 0.644. The number of ether oxygens (including phenoxy) is 2. The smallest absolute Gasteiger partial charge is 0.332 e. The van der Waals surface area contributed by atoms with Gasteiger partial charge in [0.1, 0.15) is 6.10 Å². The fraction of sp³-hybridized carbons (Fsp3) is 0.846. The molecule has 0 aromatic heterocycles. The average molecular weight is 271 g/mol. The van der Waals surface area contributed by atoms with Crippen LogP contribution in [-0.2, 0) is 19.1 Å². The Balaban J connectivity index is 1.98. The lowest BCUT2D eigenvalue weighted by molar-refractivity contribution is -0.169. The summed E-state index contributed by atoms with van der Waals surface area (Å²) in [4.78, 5) is 24.9. The van der Waals surface area contributed by atoms with Crippen molar-refractivity contribution >= 4 is 11.9 Å². The molecule has 2 aliphatic heterocycles. The Morgan fingerprint density at radius 1 is 1.26 bits per heavy atom. The molecular weight excluding hydrogens is 250 g/mol. The zero-order chi connectivity index (χ0) is 14.2. The summed E-state index contributed by atoms with van der Waals surface area (Å²) in [5.41, 5.74) is -0.377. The van der Waals surface area contributed by atoms with Gasteiger partial charge in [-0.15, -0.1) is 0 Å². The van der Waals surface area contributed by atoms with Gasteiger partial charge in [0.05, 0.1) is 11.7 Å². The molecule has 0 spiro atoms. The molecule has 1 N–H and O–H groups in total. The number of aliphatic carboxylic acids is 1. The summed E-state index contributed by atoms with van der Waals surface area (Å²) in [5.74, 6) is -1.11. The van der Waals surface area contributed by atoms with Crippen LogP contribution in [0.4, 0.5) is 0 Å². The van der Waals surface area contributed by atoms with Crippen molar-refractivity contribution in [3.63, 3.8) is 0 Å². The van der Waals surface area contributed by atoms with Gasteiger partial charge in [0.15, 0.2) is 6.10 Å². The zero-order valence-corrected chi connectivity index (χ0v) is 11.6. The van der Waals surface area contributed by atoms with Gasteiger partial charge in [0.25, 0.3) is 5.91 Å². The highest BCUT2D eigenvalue weighted by atomic mass is 16.5. The maximum Gasteiger partial charge on any atom is 0.332 e. The Bertz CT molecular complexity index is 381. The van der Waals surface area contributed by atoms with Crippen LogP contribution in [0.2, 0.25) is 0 Å². The van der Waals surface area contributed by atoms with E-state index in [-0.39, 0.29) is 17.6 Å². The number of hydrogen-bond acceptors (Lipinski definition) is 4. The van der Waals surface area contributed by atoms with Gasteiger partial charge in [-0.25, -0.2) is 4.79 Å². The van der Waals surface area contributed by atoms with Crippen LogP contribution >= 0.6 is 0 Å². The average Bonchev–Trinajstić information content (AvgIpc) is 2.74. The highest BCUT2D eigenvalue weighted by molar-refractivity contribution is 5.83. The molecule has 2 saturated heterocycles. The summed E-state index contributed by atoms with van der Waals surface area (Å²) in [6.45, 7) is 6.85. The Morgan fingerprint density at radius 2 is 1.89 bits per heavy atom. The van der Waals surface area contributed by atoms with E-state index in [0.717, 1.165) is 0 Å². The molecule has 2 fully saturated rings. The quantitative estimate of drug-likeness (QED) is 0.798. The molecule has 0 aliphatic carbocycles. The first-order valence-electron chi connectivity index (χ1n) is 6.63. The van der Waals surface area contributed by atoms with E-state index >= 15 is 0 Å². The van der Waals surface area contributed by atoms with Gasteiger partial charge in [0, 0.05) is 13.1 Å². The second kappa shape index (κ2) is 5.09. The molecule has 19 heavy (non-hydrogen) atoms. The van der Waals surface area contributed by atoms with E-state index in [9.17, 15) is 9.59 Å². The number of amides is 1. The number of carboxylic acid groups (broad SMARTS) is 1. The molecule has 0 saturated carbocycles. The fourth-order valence-electron chi connectivity index (χ4n) is 2.83. The highest BCUT2D eigenvalue weighted by Gasteiger charge is 2.40. The molecule has 2 aliphatic rings. The molecule has 6 heteroatoms. The van der Waals surface area contributed by atoms with E-state index in [1.807, 2.05) is 20.8 Å². The number of hydrogen-bond donors (Lipinski definition) is 1. The predicted molar refractivity (Wildman–Crippen MR) is 66.7 cm³/mol. The summed E-state index contributed by atoms with van der Waals surface area (Å²) in [7, 11) is 0. The molecule has 1 unspecified atom stereocenters. The molecule has 2 heterocycles. The van der Waals surface area contributed by atoms with Gasteiger partial charge in [-0.1, -0.05) is 0 Å². The van der Waals surface area contributed by atoms with Gasteiger partial charge >= 0.3 is 5.97 Å². The summed E-state index contributed by atoms with van der Waals surface area (Å²) in [5, 5.41) is 8.88. The Morgan fingerprint density at radius 3 is 2.42 bits per heavy atom. The maximum atomic E-state index is 12.4. The van der Waals surface area contributed by atoms with Gasteiger partial charge in [-0.3, -0.25) is 4.79 Å². The van der Waals surface area contributed by atoms with Crippen molar-refractivity contribution in [3.8, 4) is 0 Å². The number of carboxylic acids is 1. The minimum atomic E-state index is -0.994. The first-order valence-corrected chi connectivity index (χ1v) is 6.63. The van der Waals surface area contributed by atoms with Crippen LogP contribution in [-0.4, -0.2) is 58.9 Å². The largest absolute Gasteiger partial charge is 0.479 e.